The lowest BCUT2D eigenvalue weighted by molar-refractivity contribution is -0.119. The number of anilines is 1. The molecule has 1 aliphatic carbocycles. The number of hydrogen-bond acceptors (Lipinski definition) is 2. The number of amides is 1. The number of para-hydroxylation sites is 1. The van der Waals surface area contributed by atoms with Gasteiger partial charge in [-0.1, -0.05) is 56.3 Å². The number of ketones is 1. The van der Waals surface area contributed by atoms with Crippen LogP contribution in [0.3, 0.4) is 0 Å². The lowest BCUT2D eigenvalue weighted by Gasteiger charge is -2.39. The highest BCUT2D eigenvalue weighted by molar-refractivity contribution is 6.08. The number of hydrogen-bond donors (Lipinski definition) is 0. The summed E-state index contributed by atoms with van der Waals surface area (Å²) in [4.78, 5) is 28.3. The molecule has 0 radical (unpaired) electrons. The van der Waals surface area contributed by atoms with Gasteiger partial charge >= 0.3 is 0 Å². The summed E-state index contributed by atoms with van der Waals surface area (Å²) in [6.45, 7) is 8.42. The normalized spacial score (nSPS) is 19.8. The van der Waals surface area contributed by atoms with Crippen LogP contribution in [-0.2, 0) is 9.59 Å². The fourth-order valence-corrected chi connectivity index (χ4v) is 4.81. The molecule has 4 rings (SSSR count). The lowest BCUT2D eigenvalue weighted by Crippen LogP contribution is -2.41. The molecular formula is C26H29NO2. The van der Waals surface area contributed by atoms with E-state index in [1.165, 1.54) is 5.56 Å². The van der Waals surface area contributed by atoms with Crippen molar-refractivity contribution in [2.24, 2.45) is 0 Å². The summed E-state index contributed by atoms with van der Waals surface area (Å²) in [5.41, 5.74) is 7.23. The zero-order chi connectivity index (χ0) is 20.7. The molecule has 29 heavy (non-hydrogen) atoms. The van der Waals surface area contributed by atoms with E-state index >= 15 is 0 Å². The molecule has 1 unspecified atom stereocenters. The highest BCUT2D eigenvalue weighted by Crippen LogP contribution is 2.44. The van der Waals surface area contributed by atoms with Gasteiger partial charge < -0.3 is 0 Å². The Morgan fingerprint density at radius 2 is 1.59 bits per heavy atom. The third-order valence-corrected chi connectivity index (χ3v) is 6.34. The zero-order valence-electron chi connectivity index (χ0n) is 17.8. The second kappa shape index (κ2) is 7.62. The van der Waals surface area contributed by atoms with Gasteiger partial charge in [-0.25, -0.2) is 0 Å². The Labute approximate surface area is 173 Å². The highest BCUT2D eigenvalue weighted by Gasteiger charge is 2.40. The first-order chi connectivity index (χ1) is 13.9. The summed E-state index contributed by atoms with van der Waals surface area (Å²) in [6.07, 6.45) is 2.51. The Bertz CT molecular complexity index is 978. The Morgan fingerprint density at radius 3 is 2.21 bits per heavy atom. The molecule has 0 aromatic heterocycles. The molecule has 1 heterocycles. The van der Waals surface area contributed by atoms with Crippen molar-refractivity contribution in [2.75, 3.05) is 4.90 Å². The number of rotatable bonds is 3. The third kappa shape index (κ3) is 3.43. The molecule has 1 atom stereocenters. The van der Waals surface area contributed by atoms with E-state index < -0.39 is 0 Å². The van der Waals surface area contributed by atoms with Gasteiger partial charge in [0.05, 0.1) is 5.69 Å². The largest absolute Gasteiger partial charge is 0.294 e. The van der Waals surface area contributed by atoms with E-state index in [4.69, 9.17) is 0 Å². The maximum absolute atomic E-state index is 13.4. The molecule has 0 saturated heterocycles. The molecular weight excluding hydrogens is 358 g/mol. The maximum Gasteiger partial charge on any atom is 0.232 e. The molecule has 3 heteroatoms. The van der Waals surface area contributed by atoms with E-state index in [-0.39, 0.29) is 17.6 Å². The van der Waals surface area contributed by atoms with Gasteiger partial charge in [0.25, 0.3) is 0 Å². The number of Topliss-reactive ketones (excluding diaryl/α,β-unsaturated/α-hetero) is 1. The SMILES string of the molecule is Cc1cccc(C)c1N1C(=O)CC(c2ccc(C(C)C)cc2)C2=C1CCCC2=O. The number of benzene rings is 2. The first-order valence-electron chi connectivity index (χ1n) is 10.6. The molecule has 0 fully saturated rings. The minimum atomic E-state index is -0.132. The van der Waals surface area contributed by atoms with E-state index in [0.29, 0.717) is 18.8 Å². The van der Waals surface area contributed by atoms with Crippen LogP contribution in [0.25, 0.3) is 0 Å². The third-order valence-electron chi connectivity index (χ3n) is 6.34. The average Bonchev–Trinajstić information content (AvgIpc) is 2.69. The standard InChI is InChI=1S/C26H29NO2/c1-16(2)19-11-13-20(14-12-19)21-15-24(29)27(22-9-6-10-23(28)25(21)22)26-17(3)7-5-8-18(26)4/h5,7-8,11-14,16,21H,6,9-10,15H2,1-4H3. The number of nitrogens with zero attached hydrogens (tertiary/aromatic N) is 1. The monoisotopic (exact) mass is 387 g/mol. The second-order valence-corrected chi connectivity index (χ2v) is 8.68. The van der Waals surface area contributed by atoms with E-state index in [2.05, 4.69) is 38.1 Å². The lowest BCUT2D eigenvalue weighted by atomic mass is 9.76. The Hall–Kier alpha value is -2.68. The smallest absolute Gasteiger partial charge is 0.232 e. The van der Waals surface area contributed by atoms with Crippen molar-refractivity contribution in [1.82, 2.24) is 0 Å². The number of allylic oxidation sites excluding steroid dienone is 2. The first-order valence-corrected chi connectivity index (χ1v) is 10.6. The quantitative estimate of drug-likeness (QED) is 0.652. The van der Waals surface area contributed by atoms with Crippen molar-refractivity contribution in [2.45, 2.75) is 65.2 Å². The predicted octanol–water partition coefficient (Wildman–Crippen LogP) is 5.95. The van der Waals surface area contributed by atoms with Crippen molar-refractivity contribution in [3.63, 3.8) is 0 Å². The summed E-state index contributed by atoms with van der Waals surface area (Å²) in [5.74, 6) is 0.622. The van der Waals surface area contributed by atoms with Gasteiger partial charge in [0.2, 0.25) is 5.91 Å². The second-order valence-electron chi connectivity index (χ2n) is 8.68. The van der Waals surface area contributed by atoms with Gasteiger partial charge in [-0.2, -0.15) is 0 Å². The van der Waals surface area contributed by atoms with Gasteiger partial charge in [-0.3, -0.25) is 14.5 Å². The fourth-order valence-electron chi connectivity index (χ4n) is 4.81. The van der Waals surface area contributed by atoms with E-state index in [9.17, 15) is 9.59 Å². The molecule has 2 aromatic rings. The Kier molecular flexibility index (Phi) is 5.16. The molecule has 0 spiro atoms. The van der Waals surface area contributed by atoms with Crippen LogP contribution in [0.2, 0.25) is 0 Å². The van der Waals surface area contributed by atoms with E-state index in [0.717, 1.165) is 46.5 Å². The molecule has 0 bridgehead atoms. The van der Waals surface area contributed by atoms with Gasteiger partial charge in [0.15, 0.2) is 5.78 Å². The number of carbonyl (C=O) groups is 2. The van der Waals surface area contributed by atoms with Crippen molar-refractivity contribution >= 4 is 17.4 Å². The molecule has 2 aromatic carbocycles. The summed E-state index contributed by atoms with van der Waals surface area (Å²) in [5, 5.41) is 0. The molecule has 2 aliphatic rings. The van der Waals surface area contributed by atoms with Crippen LogP contribution in [0.5, 0.6) is 0 Å². The fraction of sp³-hybridized carbons (Fsp3) is 0.385. The van der Waals surface area contributed by atoms with Crippen molar-refractivity contribution in [3.05, 3.63) is 76.0 Å². The molecule has 1 aliphatic heterocycles. The predicted molar refractivity (Wildman–Crippen MR) is 117 cm³/mol. The summed E-state index contributed by atoms with van der Waals surface area (Å²) >= 11 is 0. The van der Waals surface area contributed by atoms with Crippen LogP contribution in [-0.4, -0.2) is 11.7 Å². The van der Waals surface area contributed by atoms with Crippen molar-refractivity contribution < 1.29 is 9.59 Å². The molecule has 0 N–H and O–H groups in total. The maximum atomic E-state index is 13.4. The minimum Gasteiger partial charge on any atom is -0.294 e. The van der Waals surface area contributed by atoms with Crippen molar-refractivity contribution in [1.29, 1.82) is 0 Å². The summed E-state index contributed by atoms with van der Waals surface area (Å²) in [6, 6.07) is 14.6. The number of aryl methyl sites for hydroxylation is 2. The van der Waals surface area contributed by atoms with E-state index in [1.807, 2.05) is 36.9 Å². The van der Waals surface area contributed by atoms with Crippen LogP contribution < -0.4 is 4.90 Å². The summed E-state index contributed by atoms with van der Waals surface area (Å²) < 4.78 is 0. The average molecular weight is 388 g/mol. The van der Waals surface area contributed by atoms with Crippen LogP contribution in [0.1, 0.15) is 73.6 Å². The first kappa shape index (κ1) is 19.6. The van der Waals surface area contributed by atoms with Crippen molar-refractivity contribution in [3.8, 4) is 0 Å². The summed E-state index contributed by atoms with van der Waals surface area (Å²) in [7, 11) is 0. The Balaban J connectivity index is 1.85. The van der Waals surface area contributed by atoms with Crippen LogP contribution in [0.15, 0.2) is 53.7 Å². The molecule has 150 valence electrons. The minimum absolute atomic E-state index is 0.0915. The van der Waals surface area contributed by atoms with E-state index in [1.54, 1.807) is 0 Å². The van der Waals surface area contributed by atoms with Crippen LogP contribution in [0, 0.1) is 13.8 Å². The molecule has 3 nitrogen and oxygen atoms in total. The zero-order valence-corrected chi connectivity index (χ0v) is 17.8. The van der Waals surface area contributed by atoms with Crippen LogP contribution in [0.4, 0.5) is 5.69 Å². The van der Waals surface area contributed by atoms with Gasteiger partial charge in [-0.05, 0) is 54.9 Å². The van der Waals surface area contributed by atoms with Crippen LogP contribution >= 0.6 is 0 Å². The molecule has 0 saturated carbocycles. The highest BCUT2D eigenvalue weighted by atomic mass is 16.2. The Morgan fingerprint density at radius 1 is 0.931 bits per heavy atom. The van der Waals surface area contributed by atoms with Gasteiger partial charge in [0, 0.05) is 30.0 Å². The topological polar surface area (TPSA) is 37.4 Å². The molecule has 1 amide bonds. The van der Waals surface area contributed by atoms with Gasteiger partial charge in [0.1, 0.15) is 0 Å². The van der Waals surface area contributed by atoms with Gasteiger partial charge in [-0.15, -0.1) is 0 Å². The number of carbonyl (C=O) groups excluding carboxylic acids is 2.